The van der Waals surface area contributed by atoms with Crippen LogP contribution < -0.4 is 4.74 Å². The molecule has 0 unspecified atom stereocenters. The van der Waals surface area contributed by atoms with Gasteiger partial charge in [0, 0.05) is 24.3 Å². The lowest BCUT2D eigenvalue weighted by Crippen LogP contribution is -2.72. The molecule has 0 saturated carbocycles. The second-order valence-electron chi connectivity index (χ2n) is 8.18. The highest BCUT2D eigenvalue weighted by Gasteiger charge is 2.70. The van der Waals surface area contributed by atoms with Crippen LogP contribution in [0.2, 0.25) is 0 Å². The van der Waals surface area contributed by atoms with Crippen LogP contribution in [-0.2, 0) is 11.8 Å². The Morgan fingerprint density at radius 1 is 1.26 bits per heavy atom. The van der Waals surface area contributed by atoms with E-state index >= 15 is 0 Å². The van der Waals surface area contributed by atoms with Gasteiger partial charge in [0.1, 0.15) is 6.04 Å². The highest BCUT2D eigenvalue weighted by Crippen LogP contribution is 2.64. The molecule has 1 saturated heterocycles. The first-order chi connectivity index (χ1) is 10.8. The lowest BCUT2D eigenvalue weighted by Gasteiger charge is -2.59. The van der Waals surface area contributed by atoms with Gasteiger partial charge in [-0.2, -0.15) is 0 Å². The lowest BCUT2D eigenvalue weighted by molar-refractivity contribution is -0.926. The first kappa shape index (κ1) is 13.8. The number of piperidine rings is 1. The standard InChI is InChI=1S/C18H21NO4/c1-19(2)8-7-17-11-5-6-18(21,22)16(17)23-15-13(20)4-3-10(14(15)17)9-12(11)19/h3-6,11-12,16,21-22H,7-9H2,1-2H3/p+1/t11-,12+,16+,17-/m0/s1. The van der Waals surface area contributed by atoms with Crippen LogP contribution in [0.25, 0.3) is 0 Å². The van der Waals surface area contributed by atoms with Crippen molar-refractivity contribution in [2.24, 2.45) is 5.92 Å². The summed E-state index contributed by atoms with van der Waals surface area (Å²) in [6, 6.07) is 4.03. The van der Waals surface area contributed by atoms with E-state index < -0.39 is 17.3 Å². The van der Waals surface area contributed by atoms with Crippen molar-refractivity contribution in [2.75, 3.05) is 20.6 Å². The van der Waals surface area contributed by atoms with Gasteiger partial charge in [-0.05, 0) is 17.7 Å². The zero-order chi connectivity index (χ0) is 16.2. The van der Waals surface area contributed by atoms with E-state index in [1.54, 1.807) is 6.07 Å². The van der Waals surface area contributed by atoms with Crippen LogP contribution in [0.3, 0.4) is 0 Å². The predicted molar refractivity (Wildman–Crippen MR) is 83.1 cm³/mol. The third-order valence-electron chi connectivity index (χ3n) is 6.76. The number of ether oxygens (including phenoxy) is 1. The second kappa shape index (κ2) is 3.74. The van der Waals surface area contributed by atoms with Crippen LogP contribution >= 0.6 is 0 Å². The minimum Gasteiger partial charge on any atom is -0.504 e. The number of phenolic OH excluding ortho intramolecular Hbond substituents is 1. The Bertz CT molecular complexity index is 754. The number of aromatic hydroxyl groups is 1. The summed E-state index contributed by atoms with van der Waals surface area (Å²) in [5.41, 5.74) is 1.75. The number of phenols is 1. The van der Waals surface area contributed by atoms with Gasteiger partial charge in [-0.1, -0.05) is 12.1 Å². The third kappa shape index (κ3) is 1.40. The number of hydrogen-bond acceptors (Lipinski definition) is 4. The number of rotatable bonds is 0. The number of hydrogen-bond donors (Lipinski definition) is 3. The van der Waals surface area contributed by atoms with Gasteiger partial charge in [-0.25, -0.2) is 0 Å². The Kier molecular flexibility index (Phi) is 2.25. The number of benzene rings is 1. The van der Waals surface area contributed by atoms with E-state index in [-0.39, 0.29) is 11.7 Å². The molecule has 5 nitrogen and oxygen atoms in total. The normalized spacial score (nSPS) is 40.4. The first-order valence-corrected chi connectivity index (χ1v) is 8.26. The zero-order valence-corrected chi connectivity index (χ0v) is 13.4. The summed E-state index contributed by atoms with van der Waals surface area (Å²) in [6.45, 7) is 0.958. The van der Waals surface area contributed by atoms with Crippen molar-refractivity contribution in [3.8, 4) is 11.5 Å². The van der Waals surface area contributed by atoms with E-state index in [9.17, 15) is 15.3 Å². The van der Waals surface area contributed by atoms with Gasteiger partial charge in [0.05, 0.1) is 26.1 Å². The van der Waals surface area contributed by atoms with E-state index in [1.807, 2.05) is 12.1 Å². The summed E-state index contributed by atoms with van der Waals surface area (Å²) >= 11 is 0. The zero-order valence-electron chi connectivity index (χ0n) is 13.4. The Morgan fingerprint density at radius 2 is 2.04 bits per heavy atom. The van der Waals surface area contributed by atoms with Gasteiger partial charge in [0.2, 0.25) is 5.79 Å². The van der Waals surface area contributed by atoms with E-state index in [0.717, 1.165) is 29.4 Å². The maximum atomic E-state index is 10.5. The summed E-state index contributed by atoms with van der Waals surface area (Å²) in [4.78, 5) is 0. The second-order valence-corrected chi connectivity index (χ2v) is 8.18. The Labute approximate surface area is 135 Å². The molecule has 1 fully saturated rings. The Hall–Kier alpha value is -1.56. The lowest BCUT2D eigenvalue weighted by atomic mass is 9.52. The van der Waals surface area contributed by atoms with Crippen molar-refractivity contribution in [3.63, 3.8) is 0 Å². The summed E-state index contributed by atoms with van der Waals surface area (Å²) in [5, 5.41) is 31.3. The average molecular weight is 316 g/mol. The van der Waals surface area contributed by atoms with Gasteiger partial charge < -0.3 is 24.5 Å². The summed E-state index contributed by atoms with van der Waals surface area (Å²) in [5.74, 6) is -1.26. The molecule has 5 heteroatoms. The van der Waals surface area contributed by atoms with Crippen LogP contribution in [-0.4, -0.2) is 58.4 Å². The highest BCUT2D eigenvalue weighted by molar-refractivity contribution is 5.61. The van der Waals surface area contributed by atoms with Crippen molar-refractivity contribution in [2.45, 2.75) is 36.2 Å². The molecule has 23 heavy (non-hydrogen) atoms. The SMILES string of the molecule is C[N+]1(C)CC[C@]23c4c5ccc(O)c4O[C@H]2C(O)(O)C=C[C@H]3[C@H]1C5. The quantitative estimate of drug-likeness (QED) is 0.374. The maximum Gasteiger partial charge on any atom is 0.222 e. The van der Waals surface area contributed by atoms with Crippen LogP contribution in [0.15, 0.2) is 24.3 Å². The molecule has 0 amide bonds. The first-order valence-electron chi connectivity index (χ1n) is 8.26. The molecule has 1 spiro atoms. The van der Waals surface area contributed by atoms with Crippen molar-refractivity contribution in [1.29, 1.82) is 0 Å². The van der Waals surface area contributed by atoms with Crippen molar-refractivity contribution < 1.29 is 24.5 Å². The summed E-state index contributed by atoms with van der Waals surface area (Å²) in [7, 11) is 4.50. The molecule has 1 aromatic carbocycles. The molecule has 122 valence electrons. The van der Waals surface area contributed by atoms with Crippen LogP contribution in [0, 0.1) is 5.92 Å². The van der Waals surface area contributed by atoms with Crippen molar-refractivity contribution >= 4 is 0 Å². The van der Waals surface area contributed by atoms with E-state index in [4.69, 9.17) is 4.74 Å². The Morgan fingerprint density at radius 3 is 2.83 bits per heavy atom. The fraction of sp³-hybridized carbons (Fsp3) is 0.556. The average Bonchev–Trinajstić information content (AvgIpc) is 2.84. The minimum absolute atomic E-state index is 0.0971. The van der Waals surface area contributed by atoms with E-state index in [1.165, 1.54) is 11.6 Å². The number of nitrogens with zero attached hydrogens (tertiary/aromatic N) is 1. The minimum atomic E-state index is -2.00. The monoisotopic (exact) mass is 316 g/mol. The molecule has 1 aromatic rings. The van der Waals surface area contributed by atoms with Gasteiger partial charge in [-0.15, -0.1) is 0 Å². The molecule has 0 radical (unpaired) electrons. The Balaban J connectivity index is 1.85. The van der Waals surface area contributed by atoms with Gasteiger partial charge >= 0.3 is 0 Å². The molecule has 4 atom stereocenters. The number of aliphatic hydroxyl groups is 2. The molecule has 2 heterocycles. The molecule has 2 aliphatic heterocycles. The smallest absolute Gasteiger partial charge is 0.222 e. The summed E-state index contributed by atoms with van der Waals surface area (Å²) in [6.07, 6.45) is 4.45. The van der Waals surface area contributed by atoms with Crippen LogP contribution in [0.5, 0.6) is 11.5 Å². The number of likely N-dealkylation sites (N-methyl/N-ethyl adjacent to an activating group) is 1. The molecule has 3 N–H and O–H groups in total. The molecular formula is C18H22NO4+. The van der Waals surface area contributed by atoms with Crippen LogP contribution in [0.4, 0.5) is 0 Å². The molecule has 4 aliphatic rings. The molecular weight excluding hydrogens is 294 g/mol. The fourth-order valence-electron chi connectivity index (χ4n) is 5.65. The van der Waals surface area contributed by atoms with Gasteiger partial charge in [-0.3, -0.25) is 0 Å². The molecule has 5 rings (SSSR count). The summed E-state index contributed by atoms with van der Waals surface area (Å²) < 4.78 is 6.90. The van der Waals surface area contributed by atoms with Crippen LogP contribution in [0.1, 0.15) is 17.5 Å². The van der Waals surface area contributed by atoms with E-state index in [0.29, 0.717) is 11.8 Å². The molecule has 2 aliphatic carbocycles. The van der Waals surface area contributed by atoms with Gasteiger partial charge in [0.15, 0.2) is 17.6 Å². The number of quaternary nitrogens is 1. The third-order valence-corrected chi connectivity index (χ3v) is 6.76. The maximum absolute atomic E-state index is 10.5. The molecule has 2 bridgehead atoms. The largest absolute Gasteiger partial charge is 0.504 e. The predicted octanol–water partition coefficient (Wildman–Crippen LogP) is 0.663. The van der Waals surface area contributed by atoms with Gasteiger partial charge in [0.25, 0.3) is 0 Å². The van der Waals surface area contributed by atoms with Crippen molar-refractivity contribution in [1.82, 2.24) is 0 Å². The fourth-order valence-corrected chi connectivity index (χ4v) is 5.65. The molecule has 0 aromatic heterocycles. The van der Waals surface area contributed by atoms with Crippen molar-refractivity contribution in [3.05, 3.63) is 35.4 Å². The highest BCUT2D eigenvalue weighted by atomic mass is 16.6. The number of likely N-dealkylation sites (tertiary alicyclic amines) is 1. The topological polar surface area (TPSA) is 69.9 Å². The van der Waals surface area contributed by atoms with E-state index in [2.05, 4.69) is 14.1 Å².